The van der Waals surface area contributed by atoms with Crippen molar-refractivity contribution in [3.63, 3.8) is 0 Å². The Morgan fingerprint density at radius 1 is 0.800 bits per heavy atom. The summed E-state index contributed by atoms with van der Waals surface area (Å²) in [5.41, 5.74) is 3.71. The Balaban J connectivity index is 1.43. The number of fused-ring (bicyclic) bond motifs is 1. The first-order valence-corrected chi connectivity index (χ1v) is 18.7. The lowest BCUT2D eigenvalue weighted by Gasteiger charge is -2.37. The minimum atomic E-state index is -0.979. The Bertz CT molecular complexity index is 2240. The Morgan fingerprint density at radius 3 is 1.96 bits per heavy atom. The van der Waals surface area contributed by atoms with Crippen molar-refractivity contribution < 1.29 is 23.9 Å². The Hall–Kier alpha value is -5.93. The van der Waals surface area contributed by atoms with Crippen LogP contribution < -0.4 is 5.32 Å². The molecule has 1 aliphatic rings. The number of methoxy groups -OCH3 is 1. The van der Waals surface area contributed by atoms with Gasteiger partial charge in [0.15, 0.2) is 5.82 Å². The molecule has 0 spiro atoms. The lowest BCUT2D eigenvalue weighted by Crippen LogP contribution is -2.45. The van der Waals surface area contributed by atoms with Gasteiger partial charge in [-0.25, -0.2) is 14.3 Å². The minimum absolute atomic E-state index is 0.225. The number of nitrogens with one attached hydrogen (secondary N) is 1. The van der Waals surface area contributed by atoms with E-state index in [4.69, 9.17) is 26.2 Å². The molecule has 1 N–H and O–H groups in total. The SMILES string of the molecule is COC(=O)c1ccc(Cl)c(-c2ccc3c(c2)c(NC(=O)[C@@H]2CCCN(C(=O)OC(C)(C)C)C2)nn3C(c2ccccc2)(c2ccccc2)c2ccccc2)c1. The number of ether oxygens (including phenoxy) is 2. The number of aromatic nitrogens is 2. The highest BCUT2D eigenvalue weighted by molar-refractivity contribution is 6.33. The van der Waals surface area contributed by atoms with E-state index >= 15 is 0 Å². The molecular formula is C45H43ClN4O5. The predicted molar refractivity (Wildman–Crippen MR) is 215 cm³/mol. The molecule has 0 saturated carbocycles. The van der Waals surface area contributed by atoms with E-state index in [0.29, 0.717) is 46.7 Å². The molecular weight excluding hydrogens is 712 g/mol. The number of rotatable bonds is 8. The summed E-state index contributed by atoms with van der Waals surface area (Å²) in [5.74, 6) is -0.867. The third-order valence-electron chi connectivity index (χ3n) is 9.96. The summed E-state index contributed by atoms with van der Waals surface area (Å²) in [5, 5.41) is 9.61. The molecule has 9 nitrogen and oxygen atoms in total. The van der Waals surface area contributed by atoms with Gasteiger partial charge in [0.05, 0.1) is 24.1 Å². The van der Waals surface area contributed by atoms with Gasteiger partial charge in [0.25, 0.3) is 0 Å². The first-order chi connectivity index (χ1) is 26.5. The predicted octanol–water partition coefficient (Wildman–Crippen LogP) is 9.57. The summed E-state index contributed by atoms with van der Waals surface area (Å²) in [7, 11) is 1.34. The van der Waals surface area contributed by atoms with Crippen molar-refractivity contribution in [2.24, 2.45) is 5.92 Å². The van der Waals surface area contributed by atoms with Crippen molar-refractivity contribution >= 4 is 46.3 Å². The van der Waals surface area contributed by atoms with E-state index in [1.54, 1.807) is 23.1 Å². The van der Waals surface area contributed by atoms with E-state index in [0.717, 1.165) is 27.8 Å². The van der Waals surface area contributed by atoms with Crippen LogP contribution in [0.3, 0.4) is 0 Å². The van der Waals surface area contributed by atoms with Crippen LogP contribution in [-0.4, -0.2) is 58.5 Å². The number of halogens is 1. The number of esters is 1. The van der Waals surface area contributed by atoms with Crippen LogP contribution in [0.5, 0.6) is 0 Å². The average Bonchev–Trinajstić information content (AvgIpc) is 3.56. The van der Waals surface area contributed by atoms with Gasteiger partial charge >= 0.3 is 12.1 Å². The van der Waals surface area contributed by atoms with Crippen LogP contribution in [0.15, 0.2) is 127 Å². The zero-order valence-electron chi connectivity index (χ0n) is 31.3. The molecule has 1 atom stereocenters. The van der Waals surface area contributed by atoms with Crippen LogP contribution in [0.4, 0.5) is 10.6 Å². The van der Waals surface area contributed by atoms with Crippen molar-refractivity contribution in [3.8, 4) is 11.1 Å². The van der Waals surface area contributed by atoms with Crippen molar-refractivity contribution in [3.05, 3.63) is 155 Å². The lowest BCUT2D eigenvalue weighted by atomic mass is 9.77. The third kappa shape index (κ3) is 7.44. The van der Waals surface area contributed by atoms with E-state index in [9.17, 15) is 14.4 Å². The maximum Gasteiger partial charge on any atom is 0.410 e. The molecule has 0 aliphatic carbocycles. The van der Waals surface area contributed by atoms with E-state index in [-0.39, 0.29) is 12.5 Å². The van der Waals surface area contributed by atoms with Crippen LogP contribution in [0.25, 0.3) is 22.0 Å². The smallest absolute Gasteiger partial charge is 0.410 e. The lowest BCUT2D eigenvalue weighted by molar-refractivity contribution is -0.121. The molecule has 55 heavy (non-hydrogen) atoms. The van der Waals surface area contributed by atoms with Crippen LogP contribution >= 0.6 is 11.6 Å². The van der Waals surface area contributed by atoms with E-state index < -0.39 is 29.1 Å². The zero-order valence-corrected chi connectivity index (χ0v) is 32.0. The number of nitrogens with zero attached hydrogens (tertiary/aromatic N) is 3. The number of anilines is 1. The van der Waals surface area contributed by atoms with Gasteiger partial charge in [-0.3, -0.25) is 4.79 Å². The first-order valence-electron chi connectivity index (χ1n) is 18.4. The average molecular weight is 755 g/mol. The number of hydrogen-bond donors (Lipinski definition) is 1. The van der Waals surface area contributed by atoms with Crippen molar-refractivity contribution in [2.75, 3.05) is 25.5 Å². The monoisotopic (exact) mass is 754 g/mol. The second-order valence-electron chi connectivity index (χ2n) is 14.7. The zero-order chi connectivity index (χ0) is 38.7. The first kappa shape index (κ1) is 37.4. The van der Waals surface area contributed by atoms with Gasteiger partial charge in [-0.15, -0.1) is 0 Å². The number of likely N-dealkylation sites (tertiary alicyclic amines) is 1. The number of benzene rings is 5. The molecule has 1 aliphatic heterocycles. The Labute approximate surface area is 325 Å². The maximum absolute atomic E-state index is 14.3. The van der Waals surface area contributed by atoms with Crippen LogP contribution in [-0.2, 0) is 19.8 Å². The maximum atomic E-state index is 14.3. The molecule has 280 valence electrons. The van der Waals surface area contributed by atoms with E-state index in [1.807, 2.05) is 98.2 Å². The standard InChI is InChI=1S/C45H43ClN4O5/c1-44(2,3)55-43(53)49-26-14-15-32(29-49)41(51)47-40-37-27-30(36-28-31(42(52)54-4)22-24-38(36)46)23-25-39(37)50(48-40)45(33-16-8-5-9-17-33,34-18-10-6-11-19-34)35-20-12-7-13-21-35/h5-13,16-25,27-28,32H,14-15,26,29H2,1-4H3,(H,47,48,51)/t32-/m1/s1. The molecule has 7 rings (SSSR count). The summed E-state index contributed by atoms with van der Waals surface area (Å²) in [6.07, 6.45) is 0.825. The minimum Gasteiger partial charge on any atom is -0.465 e. The van der Waals surface area contributed by atoms with Crippen LogP contribution in [0.2, 0.25) is 5.02 Å². The summed E-state index contributed by atoms with van der Waals surface area (Å²) in [6, 6.07) is 41.4. The molecule has 0 bridgehead atoms. The fourth-order valence-corrected chi connectivity index (χ4v) is 7.66. The molecule has 0 radical (unpaired) electrons. The Morgan fingerprint density at radius 2 is 1.40 bits per heavy atom. The van der Waals surface area contributed by atoms with Gasteiger partial charge < -0.3 is 19.7 Å². The fraction of sp³-hybridized carbons (Fsp3) is 0.244. The summed E-state index contributed by atoms with van der Waals surface area (Å²) < 4.78 is 12.6. The molecule has 2 amide bonds. The number of hydrogen-bond acceptors (Lipinski definition) is 6. The summed E-state index contributed by atoms with van der Waals surface area (Å²) >= 11 is 6.77. The quantitative estimate of drug-likeness (QED) is 0.123. The molecule has 5 aromatic carbocycles. The van der Waals surface area contributed by atoms with Gasteiger partial charge in [0, 0.05) is 29.1 Å². The normalized spacial score (nSPS) is 14.7. The van der Waals surface area contributed by atoms with Crippen LogP contribution in [0.1, 0.15) is 60.7 Å². The van der Waals surface area contributed by atoms with Crippen molar-refractivity contribution in [1.82, 2.24) is 14.7 Å². The fourth-order valence-electron chi connectivity index (χ4n) is 7.43. The molecule has 6 aromatic rings. The summed E-state index contributed by atoms with van der Waals surface area (Å²) in [6.45, 7) is 6.22. The molecule has 1 fully saturated rings. The Kier molecular flexibility index (Phi) is 10.5. The van der Waals surface area contributed by atoms with Crippen LogP contribution in [0, 0.1) is 5.92 Å². The number of carbonyl (C=O) groups excluding carboxylic acids is 3. The molecule has 2 heterocycles. The highest BCUT2D eigenvalue weighted by atomic mass is 35.5. The second kappa shape index (κ2) is 15.4. The van der Waals surface area contributed by atoms with Gasteiger partial charge in [-0.05, 0) is 86.2 Å². The number of carbonyl (C=O) groups is 3. The highest BCUT2D eigenvalue weighted by Gasteiger charge is 2.41. The van der Waals surface area contributed by atoms with Gasteiger partial charge in [-0.2, -0.15) is 5.10 Å². The molecule has 1 aromatic heterocycles. The second-order valence-corrected chi connectivity index (χ2v) is 15.1. The molecule has 10 heteroatoms. The van der Waals surface area contributed by atoms with E-state index in [2.05, 4.69) is 41.7 Å². The highest BCUT2D eigenvalue weighted by Crippen LogP contribution is 2.44. The largest absolute Gasteiger partial charge is 0.465 e. The van der Waals surface area contributed by atoms with Gasteiger partial charge in [0.1, 0.15) is 11.1 Å². The molecule has 0 unspecified atom stereocenters. The van der Waals surface area contributed by atoms with Gasteiger partial charge in [-0.1, -0.05) is 109 Å². The van der Waals surface area contributed by atoms with Gasteiger partial charge in [0.2, 0.25) is 5.91 Å². The van der Waals surface area contributed by atoms with Crippen molar-refractivity contribution in [1.29, 1.82) is 0 Å². The third-order valence-corrected chi connectivity index (χ3v) is 10.3. The van der Waals surface area contributed by atoms with Crippen molar-refractivity contribution in [2.45, 2.75) is 44.8 Å². The molecule has 1 saturated heterocycles. The number of piperidine rings is 1. The topological polar surface area (TPSA) is 103 Å². The number of amides is 2. The van der Waals surface area contributed by atoms with E-state index in [1.165, 1.54) is 7.11 Å². The summed E-state index contributed by atoms with van der Waals surface area (Å²) in [4.78, 5) is 41.5.